The summed E-state index contributed by atoms with van der Waals surface area (Å²) in [5.41, 5.74) is 0.636. The van der Waals surface area contributed by atoms with Crippen molar-refractivity contribution in [1.82, 2.24) is 9.80 Å². The molecule has 3 rings (SSSR count). The predicted octanol–water partition coefficient (Wildman–Crippen LogP) is 3.35. The Labute approximate surface area is 167 Å². The number of nitrogens with zero attached hydrogens (tertiary/aromatic N) is 2. The van der Waals surface area contributed by atoms with E-state index >= 15 is 0 Å². The molecular formula is C22H32N2O4. The molecule has 0 spiro atoms. The summed E-state index contributed by atoms with van der Waals surface area (Å²) < 4.78 is 11.2. The summed E-state index contributed by atoms with van der Waals surface area (Å²) in [6.07, 6.45) is 4.73. The van der Waals surface area contributed by atoms with Crippen LogP contribution >= 0.6 is 0 Å². The first-order valence-corrected chi connectivity index (χ1v) is 10.6. The van der Waals surface area contributed by atoms with Crippen molar-refractivity contribution in [3.05, 3.63) is 23.8 Å². The normalized spacial score (nSPS) is 18.3. The van der Waals surface area contributed by atoms with E-state index in [2.05, 4.69) is 0 Å². The van der Waals surface area contributed by atoms with E-state index in [-0.39, 0.29) is 5.91 Å². The van der Waals surface area contributed by atoms with Crippen molar-refractivity contribution >= 4 is 11.8 Å². The van der Waals surface area contributed by atoms with Gasteiger partial charge in [-0.05, 0) is 63.6 Å². The third kappa shape index (κ3) is 4.97. The standard InChI is InChI=1S/C22H32N2O4/c1-3-27-19-9-8-18(15-20(19)28-4-2)22(26)23-13-10-17(11-14-23)16-24-12-6-5-7-21(24)25/h8-9,15,17H,3-7,10-14,16H2,1-2H3. The molecule has 0 N–H and O–H groups in total. The van der Waals surface area contributed by atoms with Gasteiger partial charge in [0.15, 0.2) is 11.5 Å². The third-order valence-electron chi connectivity index (χ3n) is 5.59. The maximum absolute atomic E-state index is 12.9. The van der Waals surface area contributed by atoms with Crippen LogP contribution in [0, 0.1) is 5.92 Å². The summed E-state index contributed by atoms with van der Waals surface area (Å²) in [4.78, 5) is 28.9. The minimum Gasteiger partial charge on any atom is -0.490 e. The van der Waals surface area contributed by atoms with E-state index in [9.17, 15) is 9.59 Å². The number of likely N-dealkylation sites (tertiary alicyclic amines) is 2. The summed E-state index contributed by atoms with van der Waals surface area (Å²) in [6, 6.07) is 5.42. The lowest BCUT2D eigenvalue weighted by Crippen LogP contribution is -2.44. The van der Waals surface area contributed by atoms with Gasteiger partial charge in [-0.1, -0.05) is 0 Å². The van der Waals surface area contributed by atoms with Crippen molar-refractivity contribution in [2.45, 2.75) is 46.0 Å². The fourth-order valence-electron chi connectivity index (χ4n) is 4.05. The first-order chi connectivity index (χ1) is 13.6. The molecular weight excluding hydrogens is 356 g/mol. The van der Waals surface area contributed by atoms with E-state index in [1.54, 1.807) is 6.07 Å². The molecule has 2 heterocycles. The molecule has 28 heavy (non-hydrogen) atoms. The highest BCUT2D eigenvalue weighted by atomic mass is 16.5. The first kappa shape index (κ1) is 20.5. The molecule has 0 atom stereocenters. The zero-order valence-electron chi connectivity index (χ0n) is 17.1. The number of piperidine rings is 2. The van der Waals surface area contributed by atoms with E-state index < -0.39 is 0 Å². The molecule has 2 amide bonds. The fourth-order valence-corrected chi connectivity index (χ4v) is 4.05. The van der Waals surface area contributed by atoms with Gasteiger partial charge in [-0.15, -0.1) is 0 Å². The Hall–Kier alpha value is -2.24. The zero-order valence-corrected chi connectivity index (χ0v) is 17.1. The summed E-state index contributed by atoms with van der Waals surface area (Å²) in [7, 11) is 0. The Balaban J connectivity index is 1.57. The molecule has 2 aliphatic rings. The van der Waals surface area contributed by atoms with Crippen LogP contribution in [-0.4, -0.2) is 61.0 Å². The monoisotopic (exact) mass is 388 g/mol. The van der Waals surface area contributed by atoms with Crippen molar-refractivity contribution in [3.8, 4) is 11.5 Å². The zero-order chi connectivity index (χ0) is 19.9. The van der Waals surface area contributed by atoms with Crippen LogP contribution in [0.15, 0.2) is 18.2 Å². The smallest absolute Gasteiger partial charge is 0.253 e. The molecule has 6 nitrogen and oxygen atoms in total. The Morgan fingerprint density at radius 3 is 2.43 bits per heavy atom. The van der Waals surface area contributed by atoms with Crippen LogP contribution in [0.5, 0.6) is 11.5 Å². The lowest BCUT2D eigenvalue weighted by Gasteiger charge is -2.36. The maximum atomic E-state index is 12.9. The van der Waals surface area contributed by atoms with Gasteiger partial charge in [-0.2, -0.15) is 0 Å². The van der Waals surface area contributed by atoms with Crippen LogP contribution in [0.4, 0.5) is 0 Å². The average Bonchev–Trinajstić information content (AvgIpc) is 2.71. The Kier molecular flexibility index (Phi) is 7.18. The molecule has 1 aromatic carbocycles. The molecule has 0 unspecified atom stereocenters. The Morgan fingerprint density at radius 1 is 1.04 bits per heavy atom. The van der Waals surface area contributed by atoms with Crippen LogP contribution in [0.1, 0.15) is 56.3 Å². The van der Waals surface area contributed by atoms with Crippen molar-refractivity contribution < 1.29 is 19.1 Å². The molecule has 0 aliphatic carbocycles. The highest BCUT2D eigenvalue weighted by Gasteiger charge is 2.27. The van der Waals surface area contributed by atoms with Gasteiger partial charge in [0.2, 0.25) is 5.91 Å². The van der Waals surface area contributed by atoms with Gasteiger partial charge in [-0.25, -0.2) is 0 Å². The quantitative estimate of drug-likeness (QED) is 0.719. The van der Waals surface area contributed by atoms with Crippen molar-refractivity contribution in [1.29, 1.82) is 0 Å². The van der Waals surface area contributed by atoms with Gasteiger partial charge in [0.25, 0.3) is 5.91 Å². The van der Waals surface area contributed by atoms with Crippen LogP contribution in [0.2, 0.25) is 0 Å². The topological polar surface area (TPSA) is 59.1 Å². The molecule has 0 bridgehead atoms. The molecule has 2 aliphatic heterocycles. The van der Waals surface area contributed by atoms with E-state index in [1.165, 1.54) is 0 Å². The van der Waals surface area contributed by atoms with Crippen LogP contribution in [0.3, 0.4) is 0 Å². The van der Waals surface area contributed by atoms with Crippen LogP contribution in [0.25, 0.3) is 0 Å². The van der Waals surface area contributed by atoms with Crippen molar-refractivity contribution in [3.63, 3.8) is 0 Å². The highest BCUT2D eigenvalue weighted by Crippen LogP contribution is 2.30. The molecule has 2 saturated heterocycles. The van der Waals surface area contributed by atoms with Gasteiger partial charge in [0.1, 0.15) is 0 Å². The lowest BCUT2D eigenvalue weighted by atomic mass is 9.94. The minimum absolute atomic E-state index is 0.0384. The number of hydrogen-bond donors (Lipinski definition) is 0. The molecule has 154 valence electrons. The number of benzene rings is 1. The van der Waals surface area contributed by atoms with E-state index in [0.29, 0.717) is 48.5 Å². The highest BCUT2D eigenvalue weighted by molar-refractivity contribution is 5.95. The molecule has 0 saturated carbocycles. The first-order valence-electron chi connectivity index (χ1n) is 10.6. The SMILES string of the molecule is CCOc1ccc(C(=O)N2CCC(CN3CCCCC3=O)CC2)cc1OCC. The van der Waals surface area contributed by atoms with E-state index in [4.69, 9.17) is 9.47 Å². The summed E-state index contributed by atoms with van der Waals surface area (Å²) in [5.74, 6) is 2.11. The maximum Gasteiger partial charge on any atom is 0.253 e. The van der Waals surface area contributed by atoms with Gasteiger partial charge in [-0.3, -0.25) is 9.59 Å². The number of amides is 2. The lowest BCUT2D eigenvalue weighted by molar-refractivity contribution is -0.134. The van der Waals surface area contributed by atoms with Crippen LogP contribution in [-0.2, 0) is 4.79 Å². The largest absolute Gasteiger partial charge is 0.490 e. The second-order valence-electron chi connectivity index (χ2n) is 7.56. The number of rotatable bonds is 7. The van der Waals surface area contributed by atoms with Crippen molar-refractivity contribution in [2.75, 3.05) is 39.4 Å². The van der Waals surface area contributed by atoms with E-state index in [1.807, 2.05) is 35.8 Å². The Bertz CT molecular complexity index is 683. The number of ether oxygens (including phenoxy) is 2. The number of hydrogen-bond acceptors (Lipinski definition) is 4. The second-order valence-corrected chi connectivity index (χ2v) is 7.56. The molecule has 0 aromatic heterocycles. The molecule has 1 aromatic rings. The molecule has 0 radical (unpaired) electrons. The molecule has 2 fully saturated rings. The predicted molar refractivity (Wildman–Crippen MR) is 108 cm³/mol. The van der Waals surface area contributed by atoms with Crippen LogP contribution < -0.4 is 9.47 Å². The summed E-state index contributed by atoms with van der Waals surface area (Å²) >= 11 is 0. The Morgan fingerprint density at radius 2 is 1.75 bits per heavy atom. The fraction of sp³-hybridized carbons (Fsp3) is 0.636. The van der Waals surface area contributed by atoms with Gasteiger partial charge < -0.3 is 19.3 Å². The molecule has 6 heteroatoms. The second kappa shape index (κ2) is 9.80. The third-order valence-corrected chi connectivity index (χ3v) is 5.59. The van der Waals surface area contributed by atoms with Crippen molar-refractivity contribution in [2.24, 2.45) is 5.92 Å². The van der Waals surface area contributed by atoms with Gasteiger partial charge >= 0.3 is 0 Å². The van der Waals surface area contributed by atoms with E-state index in [0.717, 1.165) is 51.9 Å². The van der Waals surface area contributed by atoms with Gasteiger partial charge in [0.05, 0.1) is 13.2 Å². The summed E-state index contributed by atoms with van der Waals surface area (Å²) in [6.45, 7) is 8.14. The van der Waals surface area contributed by atoms with Gasteiger partial charge in [0, 0.05) is 38.2 Å². The number of carbonyl (C=O) groups is 2. The summed E-state index contributed by atoms with van der Waals surface area (Å²) in [5, 5.41) is 0. The average molecular weight is 389 g/mol. The minimum atomic E-state index is 0.0384. The number of carbonyl (C=O) groups excluding carboxylic acids is 2.